The zero-order valence-corrected chi connectivity index (χ0v) is 12.6. The largest absolute Gasteiger partial charge is 0.504 e. The van der Waals surface area contributed by atoms with E-state index < -0.39 is 0 Å². The van der Waals surface area contributed by atoms with Gasteiger partial charge in [0.15, 0.2) is 11.5 Å². The van der Waals surface area contributed by atoms with Crippen molar-refractivity contribution in [3.63, 3.8) is 0 Å². The summed E-state index contributed by atoms with van der Waals surface area (Å²) in [6, 6.07) is 4.94. The number of phenols is 1. The van der Waals surface area contributed by atoms with Crippen LogP contribution in [0.15, 0.2) is 18.2 Å². The van der Waals surface area contributed by atoms with Gasteiger partial charge >= 0.3 is 0 Å². The molecule has 20 heavy (non-hydrogen) atoms. The van der Waals surface area contributed by atoms with Gasteiger partial charge in [0.25, 0.3) is 0 Å². The van der Waals surface area contributed by atoms with Crippen LogP contribution < -0.4 is 15.4 Å². The first kappa shape index (κ1) is 16.3. The number of nitrogens with one attached hydrogen (secondary N) is 2. The Bertz CT molecular complexity index is 447. The molecule has 5 heteroatoms. The predicted molar refractivity (Wildman–Crippen MR) is 78.8 cm³/mol. The number of aromatic hydroxyl groups is 1. The highest BCUT2D eigenvalue weighted by Gasteiger charge is 2.18. The number of carbonyl (C=O) groups is 1. The molecule has 1 amide bonds. The van der Waals surface area contributed by atoms with Gasteiger partial charge in [-0.15, -0.1) is 0 Å². The van der Waals surface area contributed by atoms with Gasteiger partial charge in [0.2, 0.25) is 5.91 Å². The lowest BCUT2D eigenvalue weighted by molar-refractivity contribution is -0.123. The van der Waals surface area contributed by atoms with E-state index in [0.29, 0.717) is 18.2 Å². The van der Waals surface area contributed by atoms with Gasteiger partial charge in [-0.25, -0.2) is 0 Å². The van der Waals surface area contributed by atoms with E-state index in [1.165, 1.54) is 7.11 Å². The fourth-order valence-electron chi connectivity index (χ4n) is 2.00. The number of rotatable bonds is 7. The maximum atomic E-state index is 11.8. The van der Waals surface area contributed by atoms with Gasteiger partial charge in [-0.2, -0.15) is 0 Å². The number of hydrogen-bond donors (Lipinski definition) is 3. The van der Waals surface area contributed by atoms with Gasteiger partial charge < -0.3 is 20.5 Å². The van der Waals surface area contributed by atoms with Crippen LogP contribution in [0.4, 0.5) is 0 Å². The molecular weight excluding hydrogens is 256 g/mol. The number of likely N-dealkylation sites (N-methyl/N-ethyl adjacent to an activating group) is 1. The number of benzene rings is 1. The van der Waals surface area contributed by atoms with Crippen molar-refractivity contribution in [1.29, 1.82) is 0 Å². The lowest BCUT2D eigenvalue weighted by Crippen LogP contribution is -2.43. The second-order valence-electron chi connectivity index (χ2n) is 5.18. The third kappa shape index (κ3) is 4.74. The number of hydrogen-bond acceptors (Lipinski definition) is 4. The van der Waals surface area contributed by atoms with Crippen molar-refractivity contribution < 1.29 is 14.6 Å². The monoisotopic (exact) mass is 280 g/mol. The number of methoxy groups -OCH3 is 1. The maximum Gasteiger partial charge on any atom is 0.236 e. The minimum absolute atomic E-state index is 0.00977. The van der Waals surface area contributed by atoms with Crippen molar-refractivity contribution in [3.8, 4) is 11.5 Å². The summed E-state index contributed by atoms with van der Waals surface area (Å²) in [7, 11) is 3.15. The van der Waals surface area contributed by atoms with Gasteiger partial charge in [0.1, 0.15) is 0 Å². The third-order valence-electron chi connectivity index (χ3n) is 3.07. The van der Waals surface area contributed by atoms with Gasteiger partial charge in [0, 0.05) is 13.6 Å². The lowest BCUT2D eigenvalue weighted by atomic mass is 10.0. The standard InChI is InChI=1S/C15H24N2O3/c1-10(2)7-12(15(19)16-3)17-9-11-5-6-13(18)14(8-11)20-4/h5-6,8,10,12,17-18H,7,9H2,1-4H3,(H,16,19). The van der Waals surface area contributed by atoms with Gasteiger partial charge in [-0.1, -0.05) is 19.9 Å². The van der Waals surface area contributed by atoms with E-state index in [1.54, 1.807) is 25.2 Å². The zero-order valence-electron chi connectivity index (χ0n) is 12.6. The number of phenolic OH excluding ortho intramolecular Hbond substituents is 1. The predicted octanol–water partition coefficient (Wildman–Crippen LogP) is 1.65. The molecule has 0 radical (unpaired) electrons. The number of ether oxygens (including phenoxy) is 1. The Morgan fingerprint density at radius 3 is 2.65 bits per heavy atom. The van der Waals surface area contributed by atoms with E-state index in [2.05, 4.69) is 24.5 Å². The Morgan fingerprint density at radius 1 is 1.40 bits per heavy atom. The molecule has 0 heterocycles. The Balaban J connectivity index is 2.69. The highest BCUT2D eigenvalue weighted by atomic mass is 16.5. The van der Waals surface area contributed by atoms with Crippen LogP contribution >= 0.6 is 0 Å². The second-order valence-corrected chi connectivity index (χ2v) is 5.18. The lowest BCUT2D eigenvalue weighted by Gasteiger charge is -2.19. The number of carbonyl (C=O) groups excluding carboxylic acids is 1. The molecule has 0 fully saturated rings. The average Bonchev–Trinajstić information content (AvgIpc) is 2.43. The van der Waals surface area contributed by atoms with E-state index in [0.717, 1.165) is 12.0 Å². The van der Waals surface area contributed by atoms with Crippen molar-refractivity contribution in [2.24, 2.45) is 5.92 Å². The molecule has 1 rings (SSSR count). The second kappa shape index (κ2) is 7.75. The Kier molecular flexibility index (Phi) is 6.31. The molecule has 3 N–H and O–H groups in total. The SMILES string of the molecule is CNC(=O)C(CC(C)C)NCc1ccc(O)c(OC)c1. The van der Waals surface area contributed by atoms with Crippen LogP contribution in [-0.2, 0) is 11.3 Å². The molecule has 0 aliphatic carbocycles. The summed E-state index contributed by atoms with van der Waals surface area (Å²) in [6.07, 6.45) is 0.773. The Labute approximate surface area is 120 Å². The Morgan fingerprint density at radius 2 is 2.10 bits per heavy atom. The molecule has 0 saturated carbocycles. The summed E-state index contributed by atoms with van der Waals surface area (Å²) < 4.78 is 5.07. The smallest absolute Gasteiger partial charge is 0.236 e. The summed E-state index contributed by atoms with van der Waals surface area (Å²) in [6.45, 7) is 4.71. The molecular formula is C15H24N2O3. The zero-order chi connectivity index (χ0) is 15.1. The molecule has 5 nitrogen and oxygen atoms in total. The highest BCUT2D eigenvalue weighted by molar-refractivity contribution is 5.81. The van der Waals surface area contributed by atoms with E-state index in [1.807, 2.05) is 0 Å². The van der Waals surface area contributed by atoms with Crippen LogP contribution in [0.25, 0.3) is 0 Å². The molecule has 0 aliphatic rings. The molecule has 1 atom stereocenters. The fourth-order valence-corrected chi connectivity index (χ4v) is 2.00. The summed E-state index contributed by atoms with van der Waals surface area (Å²) in [5, 5.41) is 15.5. The number of amides is 1. The van der Waals surface area contributed by atoms with Crippen molar-refractivity contribution >= 4 is 5.91 Å². The maximum absolute atomic E-state index is 11.8. The quantitative estimate of drug-likeness (QED) is 0.710. The first-order valence-corrected chi connectivity index (χ1v) is 6.78. The van der Waals surface area contributed by atoms with Crippen LogP contribution in [0, 0.1) is 5.92 Å². The normalized spacial score (nSPS) is 12.2. The molecule has 1 unspecified atom stereocenters. The van der Waals surface area contributed by atoms with Crippen molar-refractivity contribution in [2.75, 3.05) is 14.2 Å². The topological polar surface area (TPSA) is 70.6 Å². The first-order chi connectivity index (χ1) is 9.47. The van der Waals surface area contributed by atoms with E-state index in [4.69, 9.17) is 4.74 Å². The molecule has 0 spiro atoms. The van der Waals surface area contributed by atoms with Gasteiger partial charge in [0.05, 0.1) is 13.2 Å². The molecule has 1 aromatic carbocycles. The molecule has 0 bridgehead atoms. The molecule has 0 saturated heterocycles. The first-order valence-electron chi connectivity index (χ1n) is 6.78. The molecule has 0 aromatic heterocycles. The van der Waals surface area contributed by atoms with Crippen LogP contribution in [0.2, 0.25) is 0 Å². The van der Waals surface area contributed by atoms with Crippen molar-refractivity contribution in [1.82, 2.24) is 10.6 Å². The molecule has 112 valence electrons. The van der Waals surface area contributed by atoms with Crippen LogP contribution in [0.1, 0.15) is 25.8 Å². The van der Waals surface area contributed by atoms with Crippen molar-refractivity contribution in [2.45, 2.75) is 32.9 Å². The summed E-state index contributed by atoms with van der Waals surface area (Å²) >= 11 is 0. The average molecular weight is 280 g/mol. The fraction of sp³-hybridized carbons (Fsp3) is 0.533. The highest BCUT2D eigenvalue weighted by Crippen LogP contribution is 2.26. The van der Waals surface area contributed by atoms with Gasteiger partial charge in [-0.3, -0.25) is 4.79 Å². The van der Waals surface area contributed by atoms with Crippen molar-refractivity contribution in [3.05, 3.63) is 23.8 Å². The molecule has 0 aliphatic heterocycles. The van der Waals surface area contributed by atoms with Gasteiger partial charge in [-0.05, 0) is 30.0 Å². The van der Waals surface area contributed by atoms with Crippen LogP contribution in [0.3, 0.4) is 0 Å². The summed E-state index contributed by atoms with van der Waals surface area (Å²) in [4.78, 5) is 11.8. The van der Waals surface area contributed by atoms with Crippen LogP contribution in [-0.4, -0.2) is 31.2 Å². The van der Waals surface area contributed by atoms with Crippen LogP contribution in [0.5, 0.6) is 11.5 Å². The van der Waals surface area contributed by atoms with E-state index >= 15 is 0 Å². The van der Waals surface area contributed by atoms with E-state index in [-0.39, 0.29) is 17.7 Å². The third-order valence-corrected chi connectivity index (χ3v) is 3.07. The van der Waals surface area contributed by atoms with E-state index in [9.17, 15) is 9.90 Å². The minimum atomic E-state index is -0.222. The molecule has 1 aromatic rings. The summed E-state index contributed by atoms with van der Waals surface area (Å²) in [5.41, 5.74) is 0.956. The summed E-state index contributed by atoms with van der Waals surface area (Å²) in [5.74, 6) is 0.967. The minimum Gasteiger partial charge on any atom is -0.504 e. The Hall–Kier alpha value is -1.75.